The second-order valence-electron chi connectivity index (χ2n) is 25.9. The first-order chi connectivity index (χ1) is 46.9. The van der Waals surface area contributed by atoms with E-state index in [0.717, 1.165) is 6.42 Å². The van der Waals surface area contributed by atoms with Crippen LogP contribution < -0.4 is 63.8 Å². The van der Waals surface area contributed by atoms with Crippen molar-refractivity contribution in [2.75, 3.05) is 64.7 Å². The highest BCUT2D eigenvalue weighted by molar-refractivity contribution is 7.80. The Kier molecular flexibility index (Phi) is 32.1. The number of carbonyl (C=O) groups is 16. The predicted molar refractivity (Wildman–Crippen MR) is 356 cm³/mol. The molecule has 0 aliphatic carbocycles. The third-order valence-corrected chi connectivity index (χ3v) is 18.0. The van der Waals surface area contributed by atoms with Crippen molar-refractivity contribution in [3.8, 4) is 5.75 Å². The largest absolute Gasteiger partial charge is 0.508 e. The maximum atomic E-state index is 14.0. The summed E-state index contributed by atoms with van der Waals surface area (Å²) in [6, 6.07) is -5.96. The number of phenolic OH excluding ortho intramolecular Hbond substituents is 1. The fourth-order valence-corrected chi connectivity index (χ4v) is 12.1. The summed E-state index contributed by atoms with van der Waals surface area (Å²) in [5, 5.41) is 59.5. The first kappa shape index (κ1) is 80.5. The Labute approximate surface area is 579 Å². The van der Waals surface area contributed by atoms with Crippen LogP contribution in [0, 0.1) is 17.8 Å². The number of benzene rings is 1. The topological polar surface area (TPSA) is 488 Å². The zero-order valence-corrected chi connectivity index (χ0v) is 57.6. The van der Waals surface area contributed by atoms with Crippen LogP contribution in [0.5, 0.6) is 5.75 Å². The Morgan fingerprint density at radius 2 is 1.00 bits per heavy atom. The Balaban J connectivity index is 1.10. The number of hydrogen-bond acceptors (Lipinski definition) is 19. The second-order valence-corrected chi connectivity index (χ2v) is 26.3. The van der Waals surface area contributed by atoms with Crippen LogP contribution in [-0.4, -0.2) is 250 Å². The first-order valence-electron chi connectivity index (χ1n) is 33.6. The molecular weight excluding hydrogens is 1310 g/mol. The SMILES string of the molecule is CC[C@H](C)[C@H](NC(=O)[C@@H]1CCCN1C(=O)CNC(=O)[C@H](CC(C)C)NC(=O)[C@@H]1CCCN1C(=O)CNC(=O)CNC(=O)[C@@H](NC(=O)CNC(=O)[C@@H]1CCCN1)C(C)C)C(=O)NCC(=O)N1CCC[C@H]1C(=O)N[C@@H](CS)C(=O)N[C@@H](Cc1ccc(O)cc1)C(=O)N[C@@H](CCC(=O)O)C(=O)O. The number of aromatic hydroxyl groups is 1. The summed E-state index contributed by atoms with van der Waals surface area (Å²) in [5.74, 6) is -14.0. The minimum atomic E-state index is -1.64. The molecule has 0 saturated carbocycles. The molecule has 1 aromatic carbocycles. The zero-order valence-electron chi connectivity index (χ0n) is 56.7. The maximum absolute atomic E-state index is 14.0. The van der Waals surface area contributed by atoms with Crippen molar-refractivity contribution >= 4 is 107 Å². The van der Waals surface area contributed by atoms with Gasteiger partial charge in [0.25, 0.3) is 0 Å². The summed E-state index contributed by atoms with van der Waals surface area (Å²) in [4.78, 5) is 215. The average Bonchev–Trinajstić information content (AvgIpc) is 1.92. The van der Waals surface area contributed by atoms with Crippen LogP contribution in [0.1, 0.15) is 124 Å². The lowest BCUT2D eigenvalue weighted by Gasteiger charge is -2.29. The number of nitrogens with zero attached hydrogens (tertiary/aromatic N) is 3. The van der Waals surface area contributed by atoms with Crippen molar-refractivity contribution in [1.29, 1.82) is 0 Å². The normalized spacial score (nSPS) is 19.4. The number of aliphatic carboxylic acids is 2. The lowest BCUT2D eigenvalue weighted by Crippen LogP contribution is -2.59. The molecule has 0 aromatic heterocycles. The molecule has 15 N–H and O–H groups in total. The Morgan fingerprint density at radius 3 is 1.49 bits per heavy atom. The van der Waals surface area contributed by atoms with Crippen molar-refractivity contribution < 1.29 is 92.0 Å². The van der Waals surface area contributed by atoms with Gasteiger partial charge in [-0.1, -0.05) is 60.1 Å². The summed E-state index contributed by atoms with van der Waals surface area (Å²) in [7, 11) is 0. The summed E-state index contributed by atoms with van der Waals surface area (Å²) < 4.78 is 0. The smallest absolute Gasteiger partial charge is 0.326 e. The third-order valence-electron chi connectivity index (χ3n) is 17.6. The van der Waals surface area contributed by atoms with E-state index < -0.39 is 200 Å². The highest BCUT2D eigenvalue weighted by atomic mass is 32.1. The molecule has 4 aliphatic rings. The molecule has 4 saturated heterocycles. The lowest BCUT2D eigenvalue weighted by atomic mass is 9.97. The number of thiol groups is 1. The summed E-state index contributed by atoms with van der Waals surface area (Å²) in [5.41, 5.74) is 0.427. The van der Waals surface area contributed by atoms with Gasteiger partial charge >= 0.3 is 11.9 Å². The van der Waals surface area contributed by atoms with Gasteiger partial charge < -0.3 is 93.8 Å². The molecule has 4 fully saturated rings. The van der Waals surface area contributed by atoms with Crippen LogP contribution >= 0.6 is 12.6 Å². The average molecular weight is 1410 g/mol. The molecule has 0 unspecified atom stereocenters. The van der Waals surface area contributed by atoms with Crippen molar-refractivity contribution in [2.24, 2.45) is 17.8 Å². The lowest BCUT2D eigenvalue weighted by molar-refractivity contribution is -0.143. The number of hydrogen-bond donors (Lipinski definition) is 16. The quantitative estimate of drug-likeness (QED) is 0.0281. The molecule has 14 amide bonds. The van der Waals surface area contributed by atoms with E-state index in [2.05, 4.69) is 76.4 Å². The summed E-state index contributed by atoms with van der Waals surface area (Å²) >= 11 is 4.23. The van der Waals surface area contributed by atoms with Gasteiger partial charge in [-0.05, 0) is 106 Å². The fraction of sp³-hybridized carbons (Fsp3) is 0.656. The number of carboxylic acids is 2. The van der Waals surface area contributed by atoms with Gasteiger partial charge in [-0.15, -0.1) is 0 Å². The van der Waals surface area contributed by atoms with Gasteiger partial charge in [0.05, 0.1) is 38.8 Å². The number of carboxylic acid groups (broad SMARTS) is 2. The molecular formula is C64H97N15O19S. The zero-order chi connectivity index (χ0) is 73.2. The van der Waals surface area contributed by atoms with E-state index in [1.54, 1.807) is 27.7 Å². The van der Waals surface area contributed by atoms with Gasteiger partial charge in [-0.2, -0.15) is 12.6 Å². The van der Waals surface area contributed by atoms with E-state index in [9.17, 15) is 86.9 Å². The predicted octanol–water partition coefficient (Wildman–Crippen LogP) is -4.22. The van der Waals surface area contributed by atoms with E-state index in [0.29, 0.717) is 44.2 Å². The number of likely N-dealkylation sites (tertiary alicyclic amines) is 3. The molecule has 35 heteroatoms. The van der Waals surface area contributed by atoms with Crippen molar-refractivity contribution in [3.05, 3.63) is 29.8 Å². The van der Waals surface area contributed by atoms with Crippen LogP contribution in [0.15, 0.2) is 24.3 Å². The summed E-state index contributed by atoms with van der Waals surface area (Å²) in [6.07, 6.45) is 2.49. The number of carbonyl (C=O) groups excluding carboxylic acids is 14. The number of amides is 14. The van der Waals surface area contributed by atoms with Crippen LogP contribution in [-0.2, 0) is 83.1 Å². The highest BCUT2D eigenvalue weighted by Crippen LogP contribution is 2.22. The van der Waals surface area contributed by atoms with Crippen LogP contribution in [0.4, 0.5) is 0 Å². The Bertz CT molecular complexity index is 3100. The van der Waals surface area contributed by atoms with E-state index in [-0.39, 0.29) is 81.6 Å². The van der Waals surface area contributed by atoms with Crippen LogP contribution in [0.2, 0.25) is 0 Å². The molecule has 34 nitrogen and oxygen atoms in total. The van der Waals surface area contributed by atoms with Crippen molar-refractivity contribution in [3.63, 3.8) is 0 Å². The summed E-state index contributed by atoms with van der Waals surface area (Å²) in [6.45, 7) is 8.94. The molecule has 0 radical (unpaired) electrons. The van der Waals surface area contributed by atoms with Gasteiger partial charge in [-0.3, -0.25) is 71.9 Å². The van der Waals surface area contributed by atoms with E-state index in [4.69, 9.17) is 5.11 Å². The molecule has 0 spiro atoms. The van der Waals surface area contributed by atoms with Crippen molar-refractivity contribution in [2.45, 2.75) is 185 Å². The van der Waals surface area contributed by atoms with Crippen LogP contribution in [0.3, 0.4) is 0 Å². The molecule has 1 aromatic rings. The fourth-order valence-electron chi connectivity index (χ4n) is 11.9. The first-order valence-corrected chi connectivity index (χ1v) is 34.2. The standard InChI is InChI=1S/C64H97N15O19S/c1-7-36(6)54(63(96)70-32-51(85)78-24-10-14-45(78)60(93)74-43(33-99)58(91)72-42(27-37-16-18-38(80)19-17-37)57(90)71-40(64(97)98)20-21-52(86)87)76-61(94)46-15-11-25-79(46)50(84)31-69-56(89)41(26-34(2)3)73-59(92)44-13-9-23-77(44)49(83)30-66-47(81)28-68-62(95)53(35(4)5)75-48(82)29-67-55(88)39-12-8-22-65-39/h16-19,34-36,39-46,53-54,65,80,99H,7-15,20-33H2,1-6H3,(H,66,81)(H,67,88)(H,68,95)(H,69,89)(H,70,96)(H,71,90)(H,72,91)(H,73,92)(H,74,93)(H,75,82)(H,76,94)(H,86,87)(H,97,98)/t36-,39-,40-,41-,42-,43-,44-,45-,46-,53-,54-/m0/s1. The maximum Gasteiger partial charge on any atom is 0.326 e. The molecule has 11 atom stereocenters. The minimum Gasteiger partial charge on any atom is -0.508 e. The van der Waals surface area contributed by atoms with E-state index >= 15 is 0 Å². The van der Waals surface area contributed by atoms with Gasteiger partial charge in [0, 0.05) is 38.2 Å². The Hall–Kier alpha value is -9.15. The number of rotatable bonds is 37. The highest BCUT2D eigenvalue weighted by Gasteiger charge is 2.41. The molecule has 5 rings (SSSR count). The molecule has 4 aliphatic heterocycles. The second kappa shape index (κ2) is 39.4. The number of phenols is 1. The number of nitrogens with one attached hydrogen (secondary N) is 12. The minimum absolute atomic E-state index is 0.0889. The van der Waals surface area contributed by atoms with Gasteiger partial charge in [0.1, 0.15) is 60.1 Å². The van der Waals surface area contributed by atoms with Crippen molar-refractivity contribution in [1.82, 2.24) is 78.5 Å². The monoisotopic (exact) mass is 1410 g/mol. The third kappa shape index (κ3) is 25.0. The molecule has 0 bridgehead atoms. The molecule has 4 heterocycles. The van der Waals surface area contributed by atoms with Gasteiger partial charge in [-0.25, -0.2) is 4.79 Å². The molecule has 548 valence electrons. The van der Waals surface area contributed by atoms with Gasteiger partial charge in [0.2, 0.25) is 82.7 Å². The van der Waals surface area contributed by atoms with E-state index in [1.807, 2.05) is 13.8 Å². The molecule has 99 heavy (non-hydrogen) atoms. The van der Waals surface area contributed by atoms with Crippen LogP contribution in [0.25, 0.3) is 0 Å². The van der Waals surface area contributed by atoms with E-state index in [1.165, 1.54) is 39.0 Å². The van der Waals surface area contributed by atoms with Gasteiger partial charge in [0.15, 0.2) is 0 Å². The Morgan fingerprint density at radius 1 is 0.515 bits per heavy atom.